The molecule has 4 nitrogen and oxygen atoms in total. The van der Waals surface area contributed by atoms with E-state index < -0.39 is 32.3 Å². The Bertz CT molecular complexity index is 3120. The highest BCUT2D eigenvalue weighted by atomic mass is 28.4. The van der Waals surface area contributed by atoms with E-state index >= 15 is 0 Å². The Kier molecular flexibility index (Phi) is 20.3. The molecule has 0 unspecified atom stereocenters. The fourth-order valence-electron chi connectivity index (χ4n) is 13.1. The molecule has 84 heavy (non-hydrogen) atoms. The van der Waals surface area contributed by atoms with Gasteiger partial charge in [-0.2, -0.15) is 0 Å². The maximum Gasteiger partial charge on any atom is 0.126 e. The second kappa shape index (κ2) is 27.6. The van der Waals surface area contributed by atoms with Gasteiger partial charge in [0.1, 0.15) is 55.3 Å². The van der Waals surface area contributed by atoms with Gasteiger partial charge >= 0.3 is 0 Å². The summed E-state index contributed by atoms with van der Waals surface area (Å²) in [4.78, 5) is 3.22. The number of para-hydroxylation sites is 2. The lowest BCUT2D eigenvalue weighted by molar-refractivity contribution is 0.304. The topological polar surface area (TPSA) is 36.9 Å². The van der Waals surface area contributed by atoms with Crippen LogP contribution in [0, 0.1) is 0 Å². The fraction of sp³-hybridized carbons (Fsp3) is 0.316. The van der Waals surface area contributed by atoms with Crippen LogP contribution >= 0.6 is 0 Å². The van der Waals surface area contributed by atoms with Crippen LogP contribution in [0.4, 0.5) is 0 Å². The quantitative estimate of drug-likeness (QED) is 0.0634. The Hall–Kier alpha value is -6.69. The molecular weight excluding hydrogens is 1090 g/mol. The summed E-state index contributed by atoms with van der Waals surface area (Å²) in [5.41, 5.74) is 11.8. The largest absolute Gasteiger partial charge is 0.493 e. The van der Waals surface area contributed by atoms with E-state index in [1.165, 1.54) is 54.1 Å². The predicted molar refractivity (Wildman–Crippen MR) is 370 cm³/mol. The van der Waals surface area contributed by atoms with Gasteiger partial charge in [-0.25, -0.2) is 0 Å². The molecule has 8 bridgehead atoms. The van der Waals surface area contributed by atoms with Crippen LogP contribution in [0.2, 0.25) is 52.4 Å². The molecular formula is C76H92O4Si4. The van der Waals surface area contributed by atoms with Crippen molar-refractivity contribution in [2.24, 2.45) is 0 Å². The summed E-state index contributed by atoms with van der Waals surface area (Å²) in [5.74, 6) is 3.87. The molecule has 0 amide bonds. The number of fused-ring (bicyclic) bond motifs is 8. The summed E-state index contributed by atoms with van der Waals surface area (Å²) in [6, 6.07) is 68.8. The Labute approximate surface area is 509 Å². The Balaban J connectivity index is 1.33. The van der Waals surface area contributed by atoms with Gasteiger partial charge in [0.15, 0.2) is 0 Å². The number of ether oxygens (including phenoxy) is 4. The summed E-state index contributed by atoms with van der Waals surface area (Å²) in [6.45, 7) is 31.8. The fourth-order valence-corrected chi connectivity index (χ4v) is 34.8. The zero-order valence-corrected chi connectivity index (χ0v) is 56.6. The molecule has 0 atom stereocenters. The third-order valence-electron chi connectivity index (χ3n) is 17.5. The van der Waals surface area contributed by atoms with Gasteiger partial charge in [0, 0.05) is 25.7 Å². The van der Waals surface area contributed by atoms with Crippen LogP contribution in [0.1, 0.15) is 109 Å². The summed E-state index contributed by atoms with van der Waals surface area (Å²) in [5, 5.41) is 5.81. The second-order valence-electron chi connectivity index (χ2n) is 25.3. The molecule has 1 aliphatic rings. The molecule has 0 fully saturated rings. The highest BCUT2D eigenvalue weighted by Crippen LogP contribution is 2.42. The standard InChI is InChI=1S/C76H92O4Si4/c1-13-43-77-73-59-31-29-32-60(73)54-64-48-58(52-72(83(9,10)69-39-25-19-26-40-69)84(11,12)70-41-27-20-28-42-70)50-66(76(64)80-46-16-4)56-62-34-30-33-61(74(62)78-44-14-2)55-65-49-57(47-63(53-59)75(65)79-45-15-3)51-71(81(5,6)67-35-21-17-22-36-67)82(7,8)68-37-23-18-24-38-68/h17-42,47-52H,13-16,43-46,53-56H2,1-12H3. The number of hydrogen-bond donors (Lipinski definition) is 0. The molecule has 9 rings (SSSR count). The first-order chi connectivity index (χ1) is 40.5. The normalized spacial score (nSPS) is 12.7. The van der Waals surface area contributed by atoms with Crippen LogP contribution in [0.15, 0.2) is 192 Å². The van der Waals surface area contributed by atoms with E-state index in [2.05, 4.69) is 274 Å². The number of rotatable bonds is 22. The first kappa shape index (κ1) is 61.9. The maximum atomic E-state index is 7.12. The zero-order chi connectivity index (χ0) is 59.5. The first-order valence-corrected chi connectivity index (χ1v) is 43.2. The molecule has 0 saturated heterocycles. The summed E-state index contributed by atoms with van der Waals surface area (Å²) < 4.78 is 28.4. The molecule has 8 aromatic rings. The van der Waals surface area contributed by atoms with Crippen molar-refractivity contribution in [3.05, 3.63) is 247 Å². The Morgan fingerprint density at radius 3 is 0.726 bits per heavy atom. The average Bonchev–Trinajstić information content (AvgIpc) is 3.23. The third-order valence-corrected chi connectivity index (χ3v) is 38.1. The summed E-state index contributed by atoms with van der Waals surface area (Å²) >= 11 is 0. The Morgan fingerprint density at radius 1 is 0.298 bits per heavy atom. The lowest BCUT2D eigenvalue weighted by Gasteiger charge is -2.37. The Morgan fingerprint density at radius 2 is 0.512 bits per heavy atom. The smallest absolute Gasteiger partial charge is 0.126 e. The van der Waals surface area contributed by atoms with Crippen molar-refractivity contribution in [3.8, 4) is 23.0 Å². The van der Waals surface area contributed by atoms with Crippen LogP contribution in [-0.2, 0) is 25.7 Å². The van der Waals surface area contributed by atoms with Gasteiger partial charge in [-0.15, -0.1) is 0 Å². The van der Waals surface area contributed by atoms with Gasteiger partial charge in [-0.1, -0.05) is 280 Å². The lowest BCUT2D eigenvalue weighted by atomic mass is 9.89. The molecule has 0 saturated carbocycles. The van der Waals surface area contributed by atoms with Gasteiger partial charge in [0.2, 0.25) is 0 Å². The number of benzene rings is 8. The second-order valence-corrected chi connectivity index (χ2v) is 43.8. The van der Waals surface area contributed by atoms with Gasteiger partial charge in [-0.3, -0.25) is 0 Å². The van der Waals surface area contributed by atoms with E-state index in [0.29, 0.717) is 52.1 Å². The van der Waals surface area contributed by atoms with Crippen molar-refractivity contribution in [2.45, 2.75) is 131 Å². The summed E-state index contributed by atoms with van der Waals surface area (Å²) in [6.07, 6.45) is 11.4. The lowest BCUT2D eigenvalue weighted by Crippen LogP contribution is -2.57. The van der Waals surface area contributed by atoms with Crippen molar-refractivity contribution >= 4 is 65.2 Å². The molecule has 8 aromatic carbocycles. The van der Waals surface area contributed by atoms with Gasteiger partial charge in [0.05, 0.1) is 26.4 Å². The van der Waals surface area contributed by atoms with Gasteiger partial charge in [0.25, 0.3) is 0 Å². The maximum absolute atomic E-state index is 7.12. The minimum atomic E-state index is -2.26. The van der Waals surface area contributed by atoms with Crippen molar-refractivity contribution < 1.29 is 18.9 Å². The van der Waals surface area contributed by atoms with Crippen LogP contribution in [0.5, 0.6) is 23.0 Å². The highest BCUT2D eigenvalue weighted by molar-refractivity contribution is 7.16. The number of hydrogen-bond acceptors (Lipinski definition) is 4. The van der Waals surface area contributed by atoms with E-state index in [1.807, 2.05) is 0 Å². The van der Waals surface area contributed by atoms with Crippen LogP contribution in [0.25, 0.3) is 12.2 Å². The molecule has 0 radical (unpaired) electrons. The first-order valence-electron chi connectivity index (χ1n) is 31.2. The predicted octanol–water partition coefficient (Wildman–Crippen LogP) is 16.9. The van der Waals surface area contributed by atoms with Crippen molar-refractivity contribution in [3.63, 3.8) is 0 Å². The average molecular weight is 1180 g/mol. The molecule has 0 spiro atoms. The van der Waals surface area contributed by atoms with E-state index in [1.54, 1.807) is 9.64 Å². The molecule has 0 aliphatic heterocycles. The van der Waals surface area contributed by atoms with Crippen LogP contribution in [-0.4, -0.2) is 58.7 Å². The minimum absolute atomic E-state index is 0.614. The molecule has 436 valence electrons. The van der Waals surface area contributed by atoms with E-state index in [0.717, 1.165) is 70.9 Å². The van der Waals surface area contributed by atoms with Crippen molar-refractivity contribution in [1.82, 2.24) is 0 Å². The molecule has 8 heteroatoms. The molecule has 1 aliphatic carbocycles. The van der Waals surface area contributed by atoms with E-state index in [4.69, 9.17) is 18.9 Å². The highest BCUT2D eigenvalue weighted by Gasteiger charge is 2.42. The van der Waals surface area contributed by atoms with Crippen molar-refractivity contribution in [2.75, 3.05) is 26.4 Å². The summed E-state index contributed by atoms with van der Waals surface area (Å²) in [7, 11) is -9.04. The SMILES string of the molecule is CCCOc1c2cccc1Cc1cc(C=C([Si](C)(C)c3ccccc3)[Si](C)(C)c3ccccc3)cc(c1OCCC)Cc1cccc(c1OCCC)Cc1cc(C=C([Si](C)(C)c3ccccc3)[Si](C)(C)c3ccccc3)cc(c1OCCC)C2. The van der Waals surface area contributed by atoms with Crippen LogP contribution < -0.4 is 39.7 Å². The van der Waals surface area contributed by atoms with Gasteiger partial charge in [-0.05, 0) is 106 Å². The van der Waals surface area contributed by atoms with E-state index in [9.17, 15) is 0 Å². The van der Waals surface area contributed by atoms with E-state index in [-0.39, 0.29) is 0 Å². The molecule has 0 N–H and O–H groups in total. The van der Waals surface area contributed by atoms with Gasteiger partial charge < -0.3 is 18.9 Å². The van der Waals surface area contributed by atoms with Crippen molar-refractivity contribution in [1.29, 1.82) is 0 Å². The third kappa shape index (κ3) is 13.8. The monoisotopic (exact) mass is 1180 g/mol. The zero-order valence-electron chi connectivity index (χ0n) is 52.6. The molecule has 0 heterocycles. The minimum Gasteiger partial charge on any atom is -0.493 e. The molecule has 0 aromatic heterocycles. The van der Waals surface area contributed by atoms with Crippen LogP contribution in [0.3, 0.4) is 0 Å².